The molecule has 0 spiro atoms. The Bertz CT molecular complexity index is 605. The molecular weight excluding hydrogens is 276 g/mol. The Hall–Kier alpha value is -1.36. The highest BCUT2D eigenvalue weighted by molar-refractivity contribution is 7.89. The van der Waals surface area contributed by atoms with Gasteiger partial charge >= 0.3 is 0 Å². The summed E-state index contributed by atoms with van der Waals surface area (Å²) in [6.45, 7) is 1.82. The summed E-state index contributed by atoms with van der Waals surface area (Å²) in [5.74, 6) is 0.281. The first-order valence-electron chi connectivity index (χ1n) is 5.06. The molecule has 2 aromatic rings. The van der Waals surface area contributed by atoms with Gasteiger partial charge in [0.25, 0.3) is 0 Å². The highest BCUT2D eigenvalue weighted by Gasteiger charge is 2.23. The van der Waals surface area contributed by atoms with Crippen molar-refractivity contribution in [2.24, 2.45) is 5.73 Å². The second-order valence-corrected chi connectivity index (χ2v) is 6.21. The van der Waals surface area contributed by atoms with E-state index in [0.29, 0.717) is 4.88 Å². The number of hydrogen-bond donors (Lipinski definition) is 3. The van der Waals surface area contributed by atoms with E-state index in [4.69, 9.17) is 5.73 Å². The van der Waals surface area contributed by atoms with Crippen molar-refractivity contribution < 1.29 is 8.42 Å². The Morgan fingerprint density at radius 2 is 2.39 bits per heavy atom. The second kappa shape index (κ2) is 5.10. The first-order valence-corrected chi connectivity index (χ1v) is 7.43. The van der Waals surface area contributed by atoms with Gasteiger partial charge in [0.15, 0.2) is 5.82 Å². The van der Waals surface area contributed by atoms with Crippen LogP contribution in [0, 0.1) is 0 Å². The highest BCUT2D eigenvalue weighted by Crippen LogP contribution is 2.22. The third-order valence-electron chi connectivity index (χ3n) is 2.26. The van der Waals surface area contributed by atoms with Crippen LogP contribution in [-0.2, 0) is 16.6 Å². The number of nitrogens with one attached hydrogen (secondary N) is 2. The summed E-state index contributed by atoms with van der Waals surface area (Å²) in [4.78, 5) is 0.813. The van der Waals surface area contributed by atoms with Crippen LogP contribution in [-0.4, -0.2) is 29.0 Å². The molecule has 0 aliphatic heterocycles. The molecule has 0 aliphatic rings. The summed E-state index contributed by atoms with van der Waals surface area (Å²) < 4.78 is 26.7. The van der Waals surface area contributed by atoms with Gasteiger partial charge in [-0.25, -0.2) is 13.1 Å². The minimum Gasteiger partial charge on any atom is -0.326 e. The van der Waals surface area contributed by atoms with Crippen molar-refractivity contribution in [2.75, 3.05) is 0 Å². The van der Waals surface area contributed by atoms with E-state index in [1.165, 1.54) is 17.4 Å². The molecular formula is C8H12N6O2S2. The maximum atomic E-state index is 12.1. The number of thiophene rings is 1. The SMILES string of the molecule is CC(NS(=O)(=O)c1ccsc1CN)c1nn[nH]n1. The number of hydrogen-bond acceptors (Lipinski definition) is 7. The average molecular weight is 288 g/mol. The normalized spacial score (nSPS) is 13.7. The fraction of sp³-hybridized carbons (Fsp3) is 0.375. The van der Waals surface area contributed by atoms with Crippen LogP contribution in [0.2, 0.25) is 0 Å². The number of aromatic amines is 1. The maximum Gasteiger partial charge on any atom is 0.242 e. The van der Waals surface area contributed by atoms with E-state index < -0.39 is 16.1 Å². The van der Waals surface area contributed by atoms with Gasteiger partial charge in [0, 0.05) is 11.4 Å². The molecule has 0 amide bonds. The molecule has 18 heavy (non-hydrogen) atoms. The molecule has 98 valence electrons. The Kier molecular flexibility index (Phi) is 3.71. The quantitative estimate of drug-likeness (QED) is 0.697. The largest absolute Gasteiger partial charge is 0.326 e. The third kappa shape index (κ3) is 2.56. The molecule has 2 aromatic heterocycles. The molecule has 0 radical (unpaired) electrons. The first-order chi connectivity index (χ1) is 8.54. The van der Waals surface area contributed by atoms with E-state index in [2.05, 4.69) is 25.3 Å². The van der Waals surface area contributed by atoms with E-state index in [1.54, 1.807) is 12.3 Å². The zero-order valence-electron chi connectivity index (χ0n) is 9.49. The average Bonchev–Trinajstić information content (AvgIpc) is 2.99. The summed E-state index contributed by atoms with van der Waals surface area (Å²) in [7, 11) is -3.63. The molecule has 0 bridgehead atoms. The van der Waals surface area contributed by atoms with Gasteiger partial charge < -0.3 is 5.73 Å². The number of aromatic nitrogens is 4. The van der Waals surface area contributed by atoms with Crippen molar-refractivity contribution >= 4 is 21.4 Å². The third-order valence-corrected chi connectivity index (χ3v) is 4.96. The monoisotopic (exact) mass is 288 g/mol. The molecule has 0 fully saturated rings. The lowest BCUT2D eigenvalue weighted by Gasteiger charge is -2.10. The van der Waals surface area contributed by atoms with Crippen molar-refractivity contribution in [3.63, 3.8) is 0 Å². The zero-order valence-corrected chi connectivity index (χ0v) is 11.1. The Morgan fingerprint density at radius 1 is 1.61 bits per heavy atom. The number of nitrogens with two attached hydrogens (primary N) is 1. The topological polar surface area (TPSA) is 127 Å². The van der Waals surface area contributed by atoms with Crippen LogP contribution in [0.1, 0.15) is 23.7 Å². The lowest BCUT2D eigenvalue weighted by atomic mass is 10.4. The van der Waals surface area contributed by atoms with Crippen molar-refractivity contribution in [1.29, 1.82) is 0 Å². The molecule has 4 N–H and O–H groups in total. The number of H-pyrrole nitrogens is 1. The van der Waals surface area contributed by atoms with Crippen LogP contribution < -0.4 is 10.5 Å². The second-order valence-electron chi connectivity index (χ2n) is 3.53. The number of tetrazole rings is 1. The molecule has 2 rings (SSSR count). The van der Waals surface area contributed by atoms with Gasteiger partial charge in [-0.05, 0) is 18.4 Å². The fourth-order valence-corrected chi connectivity index (χ4v) is 3.96. The van der Waals surface area contributed by atoms with E-state index in [9.17, 15) is 8.42 Å². The van der Waals surface area contributed by atoms with Gasteiger partial charge in [-0.2, -0.15) is 5.21 Å². The highest BCUT2D eigenvalue weighted by atomic mass is 32.2. The first kappa shape index (κ1) is 13.1. The van der Waals surface area contributed by atoms with Crippen LogP contribution in [0.4, 0.5) is 0 Å². The van der Waals surface area contributed by atoms with Crippen molar-refractivity contribution in [3.8, 4) is 0 Å². The number of rotatable bonds is 5. The van der Waals surface area contributed by atoms with Crippen LogP contribution in [0.3, 0.4) is 0 Å². The molecule has 1 atom stereocenters. The fourth-order valence-electron chi connectivity index (χ4n) is 1.42. The van der Waals surface area contributed by atoms with Gasteiger partial charge in [0.2, 0.25) is 10.0 Å². The summed E-state index contributed by atoms with van der Waals surface area (Å²) in [6, 6.07) is 0.956. The summed E-state index contributed by atoms with van der Waals surface area (Å²) in [5, 5.41) is 14.8. The van der Waals surface area contributed by atoms with Gasteiger partial charge in [-0.15, -0.1) is 21.5 Å². The molecule has 1 unspecified atom stereocenters. The minimum atomic E-state index is -3.63. The smallest absolute Gasteiger partial charge is 0.242 e. The predicted molar refractivity (Wildman–Crippen MR) is 65.1 cm³/mol. The minimum absolute atomic E-state index is 0.185. The maximum absolute atomic E-state index is 12.1. The Balaban J connectivity index is 2.23. The molecule has 10 heteroatoms. The number of sulfonamides is 1. The molecule has 0 aliphatic carbocycles. The molecule has 2 heterocycles. The Labute approximate surface area is 108 Å². The van der Waals surface area contributed by atoms with Crippen LogP contribution in [0.25, 0.3) is 0 Å². The zero-order chi connectivity index (χ0) is 13.2. The molecule has 0 aromatic carbocycles. The van der Waals surface area contributed by atoms with E-state index in [-0.39, 0.29) is 17.3 Å². The van der Waals surface area contributed by atoms with Gasteiger partial charge in [-0.3, -0.25) is 0 Å². The predicted octanol–water partition coefficient (Wildman–Crippen LogP) is -0.241. The summed E-state index contributed by atoms with van der Waals surface area (Å²) in [5.41, 5.74) is 5.50. The summed E-state index contributed by atoms with van der Waals surface area (Å²) >= 11 is 1.31. The van der Waals surface area contributed by atoms with E-state index >= 15 is 0 Å². The van der Waals surface area contributed by atoms with Crippen LogP contribution in [0.15, 0.2) is 16.3 Å². The lowest BCUT2D eigenvalue weighted by Crippen LogP contribution is -2.28. The Morgan fingerprint density at radius 3 is 3.00 bits per heavy atom. The molecule has 0 saturated carbocycles. The van der Waals surface area contributed by atoms with Crippen LogP contribution in [0.5, 0.6) is 0 Å². The van der Waals surface area contributed by atoms with Crippen molar-refractivity contribution in [3.05, 3.63) is 22.1 Å². The van der Waals surface area contributed by atoms with E-state index in [0.717, 1.165) is 0 Å². The van der Waals surface area contributed by atoms with Crippen molar-refractivity contribution in [1.82, 2.24) is 25.3 Å². The molecule has 8 nitrogen and oxygen atoms in total. The van der Waals surface area contributed by atoms with Crippen molar-refractivity contribution in [2.45, 2.75) is 24.4 Å². The van der Waals surface area contributed by atoms with Gasteiger partial charge in [0.05, 0.1) is 10.9 Å². The summed E-state index contributed by atoms with van der Waals surface area (Å²) in [6.07, 6.45) is 0. The van der Waals surface area contributed by atoms with Gasteiger partial charge in [-0.1, -0.05) is 5.21 Å². The molecule has 0 saturated heterocycles. The van der Waals surface area contributed by atoms with Crippen LogP contribution >= 0.6 is 11.3 Å². The van der Waals surface area contributed by atoms with Gasteiger partial charge in [0.1, 0.15) is 0 Å². The number of nitrogens with zero attached hydrogens (tertiary/aromatic N) is 3. The lowest BCUT2D eigenvalue weighted by molar-refractivity contribution is 0.559. The van der Waals surface area contributed by atoms with E-state index in [1.807, 2.05) is 0 Å². The standard InChI is InChI=1S/C8H12N6O2S2/c1-5(8-10-13-14-11-8)12-18(15,16)7-2-3-17-6(7)4-9/h2-3,5,12H,4,9H2,1H3,(H,10,11,13,14).